The number of nitrogens with one attached hydrogen (secondary N) is 1. The summed E-state index contributed by atoms with van der Waals surface area (Å²) in [7, 11) is -3.25. The highest BCUT2D eigenvalue weighted by Crippen LogP contribution is 2.37. The minimum Gasteiger partial charge on any atom is -0.339 e. The lowest BCUT2D eigenvalue weighted by atomic mass is 10.00. The number of hydrogen-bond acceptors (Lipinski definition) is 6. The fourth-order valence-electron chi connectivity index (χ4n) is 4.88. The zero-order chi connectivity index (χ0) is 23.4. The van der Waals surface area contributed by atoms with Crippen molar-refractivity contribution in [1.29, 1.82) is 0 Å². The molecule has 0 aliphatic carbocycles. The van der Waals surface area contributed by atoms with Crippen LogP contribution >= 0.6 is 0 Å². The van der Waals surface area contributed by atoms with Gasteiger partial charge in [-0.3, -0.25) is 14.6 Å². The number of imidazole rings is 1. The number of nitrogens with zero attached hydrogens (tertiary/aromatic N) is 6. The largest absolute Gasteiger partial charge is 0.339 e. The van der Waals surface area contributed by atoms with E-state index in [0.717, 1.165) is 64.7 Å². The van der Waals surface area contributed by atoms with Gasteiger partial charge in [0.15, 0.2) is 5.82 Å². The molecule has 0 saturated heterocycles. The summed E-state index contributed by atoms with van der Waals surface area (Å²) >= 11 is 0. The van der Waals surface area contributed by atoms with Crippen LogP contribution < -0.4 is 0 Å². The molecule has 9 nitrogen and oxygen atoms in total. The Hall–Kier alpha value is -3.37. The number of H-pyrrole nitrogens is 1. The summed E-state index contributed by atoms with van der Waals surface area (Å²) in [5.41, 5.74) is 8.50. The summed E-state index contributed by atoms with van der Waals surface area (Å²) in [5, 5.41) is 4.91. The number of aryl methyl sites for hydroxylation is 2. The first-order valence-electron chi connectivity index (χ1n) is 11.4. The van der Waals surface area contributed by atoms with Gasteiger partial charge in [0.05, 0.1) is 29.9 Å². The van der Waals surface area contributed by atoms with Crippen molar-refractivity contribution in [3.05, 3.63) is 59.3 Å². The van der Waals surface area contributed by atoms with E-state index in [1.165, 1.54) is 16.3 Å². The zero-order valence-electron chi connectivity index (χ0n) is 19.1. The van der Waals surface area contributed by atoms with E-state index in [4.69, 9.17) is 15.1 Å². The minimum atomic E-state index is -3.25. The van der Waals surface area contributed by atoms with Crippen molar-refractivity contribution in [2.24, 2.45) is 0 Å². The molecule has 6 heterocycles. The van der Waals surface area contributed by atoms with Gasteiger partial charge >= 0.3 is 0 Å². The Morgan fingerprint density at radius 3 is 2.76 bits per heavy atom. The Labute approximate surface area is 198 Å². The van der Waals surface area contributed by atoms with Crippen LogP contribution in [0, 0.1) is 6.92 Å². The lowest BCUT2D eigenvalue weighted by Gasteiger charge is -2.23. The maximum atomic E-state index is 12.0. The Kier molecular flexibility index (Phi) is 4.89. The molecule has 0 atom stereocenters. The highest BCUT2D eigenvalue weighted by molar-refractivity contribution is 7.88. The van der Waals surface area contributed by atoms with Crippen LogP contribution in [0.25, 0.3) is 34.0 Å². The minimum absolute atomic E-state index is 0.306. The summed E-state index contributed by atoms with van der Waals surface area (Å²) in [6, 6.07) is 10.0. The van der Waals surface area contributed by atoms with Crippen molar-refractivity contribution < 1.29 is 8.42 Å². The monoisotopic (exact) mass is 475 g/mol. The highest BCUT2D eigenvalue weighted by atomic mass is 32.2. The van der Waals surface area contributed by atoms with Crippen LogP contribution in [-0.2, 0) is 36.0 Å². The van der Waals surface area contributed by atoms with Crippen LogP contribution in [-0.4, -0.2) is 55.2 Å². The molecule has 174 valence electrons. The summed E-state index contributed by atoms with van der Waals surface area (Å²) in [4.78, 5) is 17.4. The molecule has 0 unspecified atom stereocenters. The van der Waals surface area contributed by atoms with E-state index >= 15 is 0 Å². The summed E-state index contributed by atoms with van der Waals surface area (Å²) in [5.74, 6) is 0.654. The topological polar surface area (TPSA) is 110 Å². The molecule has 2 aliphatic rings. The number of aromatic amines is 1. The van der Waals surface area contributed by atoms with E-state index in [1.54, 1.807) is 6.20 Å². The molecule has 0 amide bonds. The molecule has 1 N–H and O–H groups in total. The Morgan fingerprint density at radius 2 is 1.94 bits per heavy atom. The molecule has 6 rings (SSSR count). The third-order valence-electron chi connectivity index (χ3n) is 6.53. The van der Waals surface area contributed by atoms with E-state index in [-0.39, 0.29) is 0 Å². The predicted molar refractivity (Wildman–Crippen MR) is 128 cm³/mol. The van der Waals surface area contributed by atoms with E-state index in [0.29, 0.717) is 25.3 Å². The van der Waals surface area contributed by atoms with Gasteiger partial charge < -0.3 is 4.98 Å². The van der Waals surface area contributed by atoms with E-state index < -0.39 is 10.0 Å². The number of sulfonamides is 1. The molecular weight excluding hydrogens is 450 g/mol. The molecule has 2 aliphatic heterocycles. The van der Waals surface area contributed by atoms with Crippen LogP contribution in [0.2, 0.25) is 0 Å². The molecule has 0 fully saturated rings. The van der Waals surface area contributed by atoms with Crippen molar-refractivity contribution in [2.45, 2.75) is 39.3 Å². The van der Waals surface area contributed by atoms with Crippen molar-refractivity contribution in [3.63, 3.8) is 0 Å². The van der Waals surface area contributed by atoms with Gasteiger partial charge in [-0.1, -0.05) is 6.07 Å². The second kappa shape index (κ2) is 7.85. The summed E-state index contributed by atoms with van der Waals surface area (Å²) < 4.78 is 27.5. The lowest BCUT2D eigenvalue weighted by Crippen LogP contribution is -2.35. The summed E-state index contributed by atoms with van der Waals surface area (Å²) in [6.07, 6.45) is 5.67. The van der Waals surface area contributed by atoms with Crippen molar-refractivity contribution in [3.8, 4) is 34.0 Å². The predicted octanol–water partition coefficient (Wildman–Crippen LogP) is 2.97. The molecular formula is C24H25N7O2S. The van der Waals surface area contributed by atoms with Crippen molar-refractivity contribution >= 4 is 10.0 Å². The Bertz CT molecular complexity index is 1520. The second-order valence-corrected chi connectivity index (χ2v) is 10.9. The smallest absolute Gasteiger partial charge is 0.211 e. The van der Waals surface area contributed by atoms with Gasteiger partial charge in [0.1, 0.15) is 11.4 Å². The first-order valence-corrected chi connectivity index (χ1v) is 13.2. The molecule has 4 aromatic rings. The number of rotatable bonds is 4. The second-order valence-electron chi connectivity index (χ2n) is 8.95. The van der Waals surface area contributed by atoms with Gasteiger partial charge in [-0.25, -0.2) is 13.4 Å². The van der Waals surface area contributed by atoms with Gasteiger partial charge in [0.25, 0.3) is 0 Å². The molecule has 0 aromatic carbocycles. The van der Waals surface area contributed by atoms with E-state index in [2.05, 4.69) is 14.6 Å². The number of hydrogen-bond donors (Lipinski definition) is 1. The third-order valence-corrected chi connectivity index (χ3v) is 7.78. The molecule has 34 heavy (non-hydrogen) atoms. The Balaban J connectivity index is 1.42. The zero-order valence-corrected chi connectivity index (χ0v) is 19.9. The average molecular weight is 476 g/mol. The maximum Gasteiger partial charge on any atom is 0.211 e. The summed E-state index contributed by atoms with van der Waals surface area (Å²) in [6.45, 7) is 3.65. The average Bonchev–Trinajstić information content (AvgIpc) is 3.52. The van der Waals surface area contributed by atoms with Crippen molar-refractivity contribution in [1.82, 2.24) is 34.0 Å². The van der Waals surface area contributed by atoms with Gasteiger partial charge in [0, 0.05) is 42.7 Å². The number of pyridine rings is 2. The van der Waals surface area contributed by atoms with Crippen LogP contribution in [0.15, 0.2) is 36.5 Å². The molecule has 4 aromatic heterocycles. The van der Waals surface area contributed by atoms with E-state index in [9.17, 15) is 8.42 Å². The third kappa shape index (κ3) is 3.63. The first-order chi connectivity index (χ1) is 16.4. The van der Waals surface area contributed by atoms with Crippen LogP contribution in [0.4, 0.5) is 0 Å². The molecule has 0 saturated carbocycles. The highest BCUT2D eigenvalue weighted by Gasteiger charge is 2.27. The van der Waals surface area contributed by atoms with Crippen LogP contribution in [0.5, 0.6) is 0 Å². The maximum absolute atomic E-state index is 12.0. The van der Waals surface area contributed by atoms with E-state index in [1.807, 2.05) is 37.3 Å². The van der Waals surface area contributed by atoms with Gasteiger partial charge in [-0.2, -0.15) is 9.40 Å². The quantitative estimate of drug-likeness (QED) is 0.486. The Morgan fingerprint density at radius 1 is 1.06 bits per heavy atom. The number of fused-ring (bicyclic) bond motifs is 2. The van der Waals surface area contributed by atoms with Crippen LogP contribution in [0.1, 0.15) is 29.2 Å². The number of aromatic nitrogens is 6. The molecule has 10 heteroatoms. The SMILES string of the molecule is Cc1cccc(-c2nn3c(c2-c2ccnc(-c4nc5c([nH]4)CN(S(C)(=O)=O)CC5)c2)CCC3)n1. The first kappa shape index (κ1) is 21.2. The molecule has 0 bridgehead atoms. The molecule has 0 spiro atoms. The van der Waals surface area contributed by atoms with Gasteiger partial charge in [-0.05, 0) is 49.6 Å². The van der Waals surface area contributed by atoms with Gasteiger partial charge in [-0.15, -0.1) is 0 Å². The fourth-order valence-corrected chi connectivity index (χ4v) is 5.67. The van der Waals surface area contributed by atoms with Crippen molar-refractivity contribution in [2.75, 3.05) is 12.8 Å². The van der Waals surface area contributed by atoms with Gasteiger partial charge in [0.2, 0.25) is 10.0 Å². The fraction of sp³-hybridized carbons (Fsp3) is 0.333. The lowest BCUT2D eigenvalue weighted by molar-refractivity contribution is 0.389. The standard InChI is InChI=1S/C24H25N7O2S/c1-15-5-3-6-18(26-15)23-22(21-7-4-11-31(21)29-23)16-8-10-25-19(13-16)24-27-17-9-12-30(34(2,32)33)14-20(17)28-24/h3,5-6,8,10,13H,4,7,9,11-12,14H2,1-2H3,(H,27,28). The van der Waals surface area contributed by atoms with Crippen LogP contribution in [0.3, 0.4) is 0 Å². The molecule has 0 radical (unpaired) electrons. The normalized spacial score (nSPS) is 15.9.